The number of primary amides is 1. The molecule has 0 spiro atoms. The van der Waals surface area contributed by atoms with Gasteiger partial charge < -0.3 is 16.2 Å². The minimum atomic E-state index is -1.27. The fourth-order valence-electron chi connectivity index (χ4n) is 1.29. The highest BCUT2D eigenvalue weighted by Gasteiger charge is 2.31. The lowest BCUT2D eigenvalue weighted by Crippen LogP contribution is -2.46. The molecule has 4 N–H and O–H groups in total. The second-order valence-electron chi connectivity index (χ2n) is 3.42. The first-order valence-electron chi connectivity index (χ1n) is 4.32. The predicted octanol–water partition coefficient (Wildman–Crippen LogP) is -1.25. The highest BCUT2D eigenvalue weighted by molar-refractivity contribution is 5.79. The van der Waals surface area contributed by atoms with E-state index in [4.69, 9.17) is 5.73 Å². The number of nitrogens with one attached hydrogen (secondary N) is 1. The number of carbonyl (C=O) groups is 2. The molecule has 0 bridgehead atoms. The number of aliphatic hydroxyl groups excluding tert-OH is 1. The van der Waals surface area contributed by atoms with Crippen LogP contribution in [0.15, 0.2) is 0 Å². The number of nitrogens with two attached hydrogens (primary N) is 1. The SMILES string of the molecule is NC(=O)C(O)C(CC1CC1)NC=O. The normalized spacial score (nSPS) is 20.4. The second kappa shape index (κ2) is 4.23. The zero-order valence-electron chi connectivity index (χ0n) is 7.27. The summed E-state index contributed by atoms with van der Waals surface area (Å²) in [5.41, 5.74) is 4.92. The molecule has 1 saturated carbocycles. The molecule has 1 rings (SSSR count). The molecule has 1 aliphatic carbocycles. The van der Waals surface area contributed by atoms with E-state index in [2.05, 4.69) is 5.32 Å². The first-order chi connectivity index (χ1) is 6.15. The Labute approximate surface area is 76.3 Å². The van der Waals surface area contributed by atoms with Crippen LogP contribution in [0.4, 0.5) is 0 Å². The fourth-order valence-corrected chi connectivity index (χ4v) is 1.29. The van der Waals surface area contributed by atoms with Crippen LogP contribution in [0.1, 0.15) is 19.3 Å². The van der Waals surface area contributed by atoms with Crippen molar-refractivity contribution in [1.29, 1.82) is 0 Å². The van der Waals surface area contributed by atoms with Crippen molar-refractivity contribution < 1.29 is 14.7 Å². The lowest BCUT2D eigenvalue weighted by Gasteiger charge is -2.19. The van der Waals surface area contributed by atoms with Crippen LogP contribution in [-0.2, 0) is 9.59 Å². The Kier molecular flexibility index (Phi) is 3.25. The van der Waals surface area contributed by atoms with E-state index in [0.29, 0.717) is 18.7 Å². The molecule has 0 heterocycles. The lowest BCUT2D eigenvalue weighted by atomic mass is 10.0. The van der Waals surface area contributed by atoms with Crippen molar-refractivity contribution in [1.82, 2.24) is 5.32 Å². The van der Waals surface area contributed by atoms with E-state index in [0.717, 1.165) is 12.8 Å². The van der Waals surface area contributed by atoms with Gasteiger partial charge in [-0.2, -0.15) is 0 Å². The van der Waals surface area contributed by atoms with E-state index in [-0.39, 0.29) is 0 Å². The smallest absolute Gasteiger partial charge is 0.248 e. The van der Waals surface area contributed by atoms with Gasteiger partial charge in [0.1, 0.15) is 0 Å². The Morgan fingerprint density at radius 2 is 2.31 bits per heavy atom. The van der Waals surface area contributed by atoms with Crippen molar-refractivity contribution in [2.24, 2.45) is 11.7 Å². The number of carbonyl (C=O) groups excluding carboxylic acids is 2. The third-order valence-corrected chi connectivity index (χ3v) is 2.24. The molecule has 74 valence electrons. The zero-order valence-corrected chi connectivity index (χ0v) is 7.27. The molecule has 1 fully saturated rings. The van der Waals surface area contributed by atoms with Crippen LogP contribution in [0.25, 0.3) is 0 Å². The average molecular weight is 186 g/mol. The van der Waals surface area contributed by atoms with Crippen LogP contribution in [0.5, 0.6) is 0 Å². The summed E-state index contributed by atoms with van der Waals surface area (Å²) in [5.74, 6) is -0.272. The summed E-state index contributed by atoms with van der Waals surface area (Å²) in [6.07, 6.45) is 2.04. The van der Waals surface area contributed by atoms with Gasteiger partial charge in [0.05, 0.1) is 6.04 Å². The Balaban J connectivity index is 2.43. The Bertz CT molecular complexity index is 204. The maximum Gasteiger partial charge on any atom is 0.248 e. The van der Waals surface area contributed by atoms with Crippen LogP contribution in [-0.4, -0.2) is 29.6 Å². The fraction of sp³-hybridized carbons (Fsp3) is 0.750. The molecule has 0 aliphatic heterocycles. The number of amides is 2. The van der Waals surface area contributed by atoms with Gasteiger partial charge in [0, 0.05) is 0 Å². The van der Waals surface area contributed by atoms with Crippen LogP contribution in [0, 0.1) is 5.92 Å². The predicted molar refractivity (Wildman–Crippen MR) is 45.5 cm³/mol. The van der Waals surface area contributed by atoms with E-state index >= 15 is 0 Å². The third-order valence-electron chi connectivity index (χ3n) is 2.24. The van der Waals surface area contributed by atoms with Gasteiger partial charge in [0.25, 0.3) is 0 Å². The van der Waals surface area contributed by atoms with Gasteiger partial charge in [-0.1, -0.05) is 12.8 Å². The summed E-state index contributed by atoms with van der Waals surface area (Å²) in [6, 6.07) is -0.525. The molecule has 5 nitrogen and oxygen atoms in total. The summed E-state index contributed by atoms with van der Waals surface area (Å²) >= 11 is 0. The van der Waals surface area contributed by atoms with E-state index in [1.807, 2.05) is 0 Å². The average Bonchev–Trinajstić information content (AvgIpc) is 2.86. The first kappa shape index (κ1) is 9.98. The van der Waals surface area contributed by atoms with Gasteiger partial charge in [-0.3, -0.25) is 9.59 Å². The number of rotatable bonds is 6. The topological polar surface area (TPSA) is 92.4 Å². The minimum absolute atomic E-state index is 0.485. The highest BCUT2D eigenvalue weighted by Crippen LogP contribution is 2.33. The summed E-state index contributed by atoms with van der Waals surface area (Å²) in [7, 11) is 0. The van der Waals surface area contributed by atoms with E-state index in [1.165, 1.54) is 0 Å². The molecular weight excluding hydrogens is 172 g/mol. The molecule has 0 saturated heterocycles. The minimum Gasteiger partial charge on any atom is -0.381 e. The van der Waals surface area contributed by atoms with E-state index < -0.39 is 18.1 Å². The molecule has 5 heteroatoms. The standard InChI is InChI=1S/C8H14N2O3/c9-8(13)7(12)6(10-4-11)3-5-1-2-5/h4-7,12H,1-3H2,(H2,9,13)(H,10,11). The molecule has 0 aromatic heterocycles. The monoisotopic (exact) mass is 186 g/mol. The highest BCUT2D eigenvalue weighted by atomic mass is 16.3. The van der Waals surface area contributed by atoms with Crippen molar-refractivity contribution in [2.75, 3.05) is 0 Å². The van der Waals surface area contributed by atoms with Crippen molar-refractivity contribution in [3.05, 3.63) is 0 Å². The quantitative estimate of drug-likeness (QED) is 0.452. The van der Waals surface area contributed by atoms with Crippen LogP contribution < -0.4 is 11.1 Å². The zero-order chi connectivity index (χ0) is 9.84. The maximum absolute atomic E-state index is 10.6. The first-order valence-corrected chi connectivity index (χ1v) is 4.32. The van der Waals surface area contributed by atoms with Crippen molar-refractivity contribution in [3.8, 4) is 0 Å². The molecule has 13 heavy (non-hydrogen) atoms. The molecule has 1 aliphatic rings. The molecule has 2 amide bonds. The number of aliphatic hydroxyl groups is 1. The Morgan fingerprint density at radius 3 is 2.69 bits per heavy atom. The molecule has 0 radical (unpaired) electrons. The summed E-state index contributed by atoms with van der Waals surface area (Å²) in [6.45, 7) is 0. The van der Waals surface area contributed by atoms with Crippen LogP contribution >= 0.6 is 0 Å². The van der Waals surface area contributed by atoms with Crippen molar-refractivity contribution in [2.45, 2.75) is 31.4 Å². The maximum atomic E-state index is 10.6. The molecule has 0 aromatic rings. The molecular formula is C8H14N2O3. The van der Waals surface area contributed by atoms with Gasteiger partial charge in [-0.15, -0.1) is 0 Å². The summed E-state index contributed by atoms with van der Waals surface area (Å²) in [5, 5.41) is 11.7. The van der Waals surface area contributed by atoms with Gasteiger partial charge >= 0.3 is 0 Å². The van der Waals surface area contributed by atoms with Crippen molar-refractivity contribution in [3.63, 3.8) is 0 Å². The Morgan fingerprint density at radius 1 is 1.69 bits per heavy atom. The second-order valence-corrected chi connectivity index (χ2v) is 3.42. The van der Waals surface area contributed by atoms with Crippen molar-refractivity contribution >= 4 is 12.3 Å². The van der Waals surface area contributed by atoms with Gasteiger partial charge in [0.15, 0.2) is 6.10 Å². The largest absolute Gasteiger partial charge is 0.381 e. The number of hydrogen-bond donors (Lipinski definition) is 3. The van der Waals surface area contributed by atoms with Gasteiger partial charge in [-0.25, -0.2) is 0 Å². The summed E-state index contributed by atoms with van der Waals surface area (Å²) < 4.78 is 0. The number of hydrogen-bond acceptors (Lipinski definition) is 3. The van der Waals surface area contributed by atoms with Crippen LogP contribution in [0.3, 0.4) is 0 Å². The van der Waals surface area contributed by atoms with E-state index in [1.54, 1.807) is 0 Å². The Hall–Kier alpha value is -1.10. The summed E-state index contributed by atoms with van der Waals surface area (Å²) in [4.78, 5) is 20.8. The molecule has 2 atom stereocenters. The molecule has 2 unspecified atom stereocenters. The third kappa shape index (κ3) is 3.02. The van der Waals surface area contributed by atoms with Gasteiger partial charge in [-0.05, 0) is 12.3 Å². The van der Waals surface area contributed by atoms with Crippen LogP contribution in [0.2, 0.25) is 0 Å². The lowest BCUT2D eigenvalue weighted by molar-refractivity contribution is -0.128. The van der Waals surface area contributed by atoms with Gasteiger partial charge in [0.2, 0.25) is 12.3 Å². The van der Waals surface area contributed by atoms with E-state index in [9.17, 15) is 14.7 Å². The molecule has 0 aromatic carbocycles.